The van der Waals surface area contributed by atoms with Crippen LogP contribution in [-0.4, -0.2) is 19.6 Å². The second-order valence-electron chi connectivity index (χ2n) is 6.15. The van der Waals surface area contributed by atoms with Gasteiger partial charge < -0.3 is 10.2 Å². The van der Waals surface area contributed by atoms with Gasteiger partial charge in [0.2, 0.25) is 0 Å². The van der Waals surface area contributed by atoms with Gasteiger partial charge in [0, 0.05) is 35.9 Å². The van der Waals surface area contributed by atoms with Crippen molar-refractivity contribution in [3.05, 3.63) is 28.8 Å². The van der Waals surface area contributed by atoms with E-state index >= 15 is 0 Å². The normalized spacial score (nSPS) is 19.1. The molecule has 1 atom stereocenters. The van der Waals surface area contributed by atoms with Gasteiger partial charge in [-0.3, -0.25) is 0 Å². The molecule has 0 aromatic heterocycles. The highest BCUT2D eigenvalue weighted by Crippen LogP contribution is 2.33. The van der Waals surface area contributed by atoms with E-state index in [2.05, 4.69) is 43.1 Å². The van der Waals surface area contributed by atoms with E-state index in [-0.39, 0.29) is 0 Å². The number of nitrogens with one attached hydrogen (secondary N) is 1. The van der Waals surface area contributed by atoms with E-state index in [0.717, 1.165) is 42.9 Å². The van der Waals surface area contributed by atoms with E-state index in [4.69, 9.17) is 11.6 Å². The second-order valence-corrected chi connectivity index (χ2v) is 6.56. The lowest BCUT2D eigenvalue weighted by Gasteiger charge is -2.24. The maximum atomic E-state index is 6.42. The smallest absolute Gasteiger partial charge is 0.0471 e. The molecule has 0 radical (unpaired) electrons. The minimum Gasteiger partial charge on any atom is -0.371 e. The molecule has 1 N–H and O–H groups in total. The average molecular weight is 295 g/mol. The van der Waals surface area contributed by atoms with Gasteiger partial charge >= 0.3 is 0 Å². The van der Waals surface area contributed by atoms with Crippen molar-refractivity contribution in [2.75, 3.05) is 24.5 Å². The van der Waals surface area contributed by atoms with Crippen molar-refractivity contribution in [3.63, 3.8) is 0 Å². The van der Waals surface area contributed by atoms with E-state index in [9.17, 15) is 0 Å². The SMILES string of the molecule is CCCNCc1c(Cl)cccc1N1CCC(C(C)C)C1. The van der Waals surface area contributed by atoms with Crippen molar-refractivity contribution in [2.24, 2.45) is 11.8 Å². The lowest BCUT2D eigenvalue weighted by atomic mass is 9.95. The molecule has 1 aliphatic rings. The summed E-state index contributed by atoms with van der Waals surface area (Å²) in [5.74, 6) is 1.58. The van der Waals surface area contributed by atoms with Crippen LogP contribution in [-0.2, 0) is 6.54 Å². The van der Waals surface area contributed by atoms with E-state index in [1.807, 2.05) is 6.07 Å². The predicted octanol–water partition coefficient (Wildman–Crippen LogP) is 4.32. The number of benzene rings is 1. The molecule has 0 amide bonds. The van der Waals surface area contributed by atoms with Crippen molar-refractivity contribution >= 4 is 17.3 Å². The van der Waals surface area contributed by atoms with Crippen LogP contribution in [0.5, 0.6) is 0 Å². The summed E-state index contributed by atoms with van der Waals surface area (Å²) in [5.41, 5.74) is 2.58. The Morgan fingerprint density at radius 2 is 2.20 bits per heavy atom. The Balaban J connectivity index is 2.13. The number of rotatable bonds is 6. The molecule has 1 aromatic rings. The summed E-state index contributed by atoms with van der Waals surface area (Å²) in [5, 5.41) is 4.37. The fourth-order valence-corrected chi connectivity index (χ4v) is 3.20. The molecule has 1 fully saturated rings. The molecular weight excluding hydrogens is 268 g/mol. The highest BCUT2D eigenvalue weighted by atomic mass is 35.5. The number of anilines is 1. The summed E-state index contributed by atoms with van der Waals surface area (Å²) in [6, 6.07) is 6.30. The highest BCUT2D eigenvalue weighted by Gasteiger charge is 2.26. The topological polar surface area (TPSA) is 15.3 Å². The van der Waals surface area contributed by atoms with Gasteiger partial charge in [-0.05, 0) is 43.4 Å². The van der Waals surface area contributed by atoms with Crippen LogP contribution in [0.2, 0.25) is 5.02 Å². The lowest BCUT2D eigenvalue weighted by Crippen LogP contribution is -2.24. The first-order chi connectivity index (χ1) is 9.63. The number of hydrogen-bond donors (Lipinski definition) is 1. The van der Waals surface area contributed by atoms with Crippen LogP contribution >= 0.6 is 11.6 Å². The highest BCUT2D eigenvalue weighted by molar-refractivity contribution is 6.31. The van der Waals surface area contributed by atoms with Crippen LogP contribution in [0, 0.1) is 11.8 Å². The summed E-state index contributed by atoms with van der Waals surface area (Å²) in [7, 11) is 0. The summed E-state index contributed by atoms with van der Waals surface area (Å²) < 4.78 is 0. The van der Waals surface area contributed by atoms with Crippen molar-refractivity contribution in [3.8, 4) is 0 Å². The Kier molecular flexibility index (Phi) is 5.74. The minimum atomic E-state index is 0.765. The van der Waals surface area contributed by atoms with Crippen LogP contribution in [0.1, 0.15) is 39.2 Å². The summed E-state index contributed by atoms with van der Waals surface area (Å²) in [4.78, 5) is 2.51. The monoisotopic (exact) mass is 294 g/mol. The van der Waals surface area contributed by atoms with Crippen LogP contribution in [0.3, 0.4) is 0 Å². The van der Waals surface area contributed by atoms with Crippen LogP contribution in [0.15, 0.2) is 18.2 Å². The number of nitrogens with zero attached hydrogens (tertiary/aromatic N) is 1. The van der Waals surface area contributed by atoms with Crippen molar-refractivity contribution in [2.45, 2.75) is 40.2 Å². The van der Waals surface area contributed by atoms with E-state index in [0.29, 0.717) is 0 Å². The molecule has 1 unspecified atom stereocenters. The minimum absolute atomic E-state index is 0.765. The Hall–Kier alpha value is -0.730. The maximum Gasteiger partial charge on any atom is 0.0471 e. The zero-order valence-electron chi connectivity index (χ0n) is 13.0. The van der Waals surface area contributed by atoms with Crippen LogP contribution in [0.4, 0.5) is 5.69 Å². The molecule has 1 aliphatic heterocycles. The summed E-state index contributed by atoms with van der Waals surface area (Å²) in [6.45, 7) is 11.1. The quantitative estimate of drug-likeness (QED) is 0.786. The fraction of sp³-hybridized carbons (Fsp3) is 0.647. The number of hydrogen-bond acceptors (Lipinski definition) is 2. The van der Waals surface area contributed by atoms with Gasteiger partial charge in [0.25, 0.3) is 0 Å². The Labute approximate surface area is 128 Å². The maximum absolute atomic E-state index is 6.42. The number of halogens is 1. The van der Waals surface area contributed by atoms with Crippen molar-refractivity contribution in [1.29, 1.82) is 0 Å². The van der Waals surface area contributed by atoms with Crippen LogP contribution < -0.4 is 10.2 Å². The second kappa shape index (κ2) is 7.33. The molecule has 0 spiro atoms. The molecular formula is C17H27ClN2. The van der Waals surface area contributed by atoms with Gasteiger partial charge in [-0.15, -0.1) is 0 Å². The molecule has 20 heavy (non-hydrogen) atoms. The zero-order valence-corrected chi connectivity index (χ0v) is 13.7. The molecule has 112 valence electrons. The zero-order chi connectivity index (χ0) is 14.5. The van der Waals surface area contributed by atoms with E-state index in [1.165, 1.54) is 24.2 Å². The molecule has 0 bridgehead atoms. The Bertz CT molecular complexity index is 431. The molecule has 1 heterocycles. The van der Waals surface area contributed by atoms with Gasteiger partial charge in [-0.25, -0.2) is 0 Å². The predicted molar refractivity (Wildman–Crippen MR) is 88.6 cm³/mol. The third-order valence-corrected chi connectivity index (χ3v) is 4.68. The third kappa shape index (κ3) is 3.67. The molecule has 1 saturated heterocycles. The fourth-order valence-electron chi connectivity index (χ4n) is 2.96. The third-order valence-electron chi connectivity index (χ3n) is 4.33. The molecule has 2 rings (SSSR count). The Morgan fingerprint density at radius 3 is 2.85 bits per heavy atom. The van der Waals surface area contributed by atoms with Gasteiger partial charge in [0.05, 0.1) is 0 Å². The molecule has 1 aromatic carbocycles. The van der Waals surface area contributed by atoms with Crippen molar-refractivity contribution < 1.29 is 0 Å². The van der Waals surface area contributed by atoms with Crippen molar-refractivity contribution in [1.82, 2.24) is 5.32 Å². The van der Waals surface area contributed by atoms with Gasteiger partial charge in [0.1, 0.15) is 0 Å². The van der Waals surface area contributed by atoms with Crippen LogP contribution in [0.25, 0.3) is 0 Å². The molecule has 0 saturated carbocycles. The molecule has 0 aliphatic carbocycles. The first kappa shape index (κ1) is 15.7. The first-order valence-corrected chi connectivity index (χ1v) is 8.24. The van der Waals surface area contributed by atoms with Gasteiger partial charge in [-0.2, -0.15) is 0 Å². The lowest BCUT2D eigenvalue weighted by molar-refractivity contribution is 0.422. The average Bonchev–Trinajstić information content (AvgIpc) is 2.90. The first-order valence-electron chi connectivity index (χ1n) is 7.86. The van der Waals surface area contributed by atoms with Gasteiger partial charge in [0.15, 0.2) is 0 Å². The molecule has 3 heteroatoms. The molecule has 2 nitrogen and oxygen atoms in total. The summed E-state index contributed by atoms with van der Waals surface area (Å²) in [6.07, 6.45) is 2.45. The largest absolute Gasteiger partial charge is 0.371 e. The van der Waals surface area contributed by atoms with E-state index in [1.54, 1.807) is 0 Å². The van der Waals surface area contributed by atoms with E-state index < -0.39 is 0 Å². The van der Waals surface area contributed by atoms with Gasteiger partial charge in [-0.1, -0.05) is 38.4 Å². The summed E-state index contributed by atoms with van der Waals surface area (Å²) >= 11 is 6.42. The Morgan fingerprint density at radius 1 is 1.40 bits per heavy atom. The standard InChI is InChI=1S/C17H27ClN2/c1-4-9-19-11-15-16(18)6-5-7-17(15)20-10-8-14(12-20)13(2)3/h5-7,13-14,19H,4,8-12H2,1-3H3.